The van der Waals surface area contributed by atoms with E-state index < -0.39 is 0 Å². The molecule has 1 aromatic carbocycles. The van der Waals surface area contributed by atoms with Gasteiger partial charge in [-0.3, -0.25) is 4.79 Å². The minimum absolute atomic E-state index is 0.168. The molecule has 5 nitrogen and oxygen atoms in total. The molecule has 2 aromatic rings. The number of carbonyl (C=O) groups excluding carboxylic acids is 1. The monoisotopic (exact) mass is 333 g/mol. The summed E-state index contributed by atoms with van der Waals surface area (Å²) in [4.78, 5) is 16.4. The van der Waals surface area contributed by atoms with Gasteiger partial charge < -0.3 is 15.8 Å². The Morgan fingerprint density at radius 1 is 1.43 bits per heavy atom. The molecule has 0 atom stereocenters. The second-order valence-corrected chi connectivity index (χ2v) is 6.64. The van der Waals surface area contributed by atoms with Crippen LogP contribution in [0.15, 0.2) is 29.6 Å². The van der Waals surface area contributed by atoms with E-state index in [0.29, 0.717) is 37.7 Å². The van der Waals surface area contributed by atoms with Crippen molar-refractivity contribution in [1.29, 1.82) is 0 Å². The maximum absolute atomic E-state index is 12.1. The first-order chi connectivity index (χ1) is 11.1. The minimum atomic E-state index is -0.168. The number of amides is 1. The Morgan fingerprint density at radius 3 is 3.00 bits per heavy atom. The van der Waals surface area contributed by atoms with Crippen LogP contribution in [-0.2, 0) is 13.0 Å². The van der Waals surface area contributed by atoms with Crippen LogP contribution < -0.4 is 15.8 Å². The zero-order chi connectivity index (χ0) is 16.7. The molecule has 0 aliphatic carbocycles. The molecule has 6 heteroatoms. The lowest BCUT2D eigenvalue weighted by molar-refractivity contribution is 0.0946. The first-order valence-electron chi connectivity index (χ1n) is 7.73. The van der Waals surface area contributed by atoms with Crippen LogP contribution in [0.3, 0.4) is 0 Å². The summed E-state index contributed by atoms with van der Waals surface area (Å²) in [7, 11) is 0. The van der Waals surface area contributed by atoms with Crippen molar-refractivity contribution in [2.75, 3.05) is 13.2 Å². The summed E-state index contributed by atoms with van der Waals surface area (Å²) in [6.45, 7) is 5.88. The molecular weight excluding hydrogens is 310 g/mol. The van der Waals surface area contributed by atoms with Gasteiger partial charge in [-0.15, -0.1) is 11.3 Å². The van der Waals surface area contributed by atoms with E-state index in [2.05, 4.69) is 24.1 Å². The maximum Gasteiger partial charge on any atom is 0.271 e. The topological polar surface area (TPSA) is 77.2 Å². The van der Waals surface area contributed by atoms with Gasteiger partial charge in [-0.25, -0.2) is 4.98 Å². The standard InChI is InChI=1S/C17H23N3O2S/c1-12(2)10-22-14-5-3-4-13(8-14)9-19-17(21)15-11-23-16(20-15)6-7-18/h3-5,8,11-12H,6-7,9-10,18H2,1-2H3,(H,19,21). The largest absolute Gasteiger partial charge is 0.493 e. The fourth-order valence-electron chi connectivity index (χ4n) is 1.93. The van der Waals surface area contributed by atoms with Gasteiger partial charge in [-0.1, -0.05) is 26.0 Å². The van der Waals surface area contributed by atoms with E-state index in [4.69, 9.17) is 10.5 Å². The molecule has 0 aliphatic heterocycles. The third kappa shape index (κ3) is 5.65. The lowest BCUT2D eigenvalue weighted by atomic mass is 10.2. The van der Waals surface area contributed by atoms with Gasteiger partial charge in [0.05, 0.1) is 11.6 Å². The minimum Gasteiger partial charge on any atom is -0.493 e. The number of nitrogens with zero attached hydrogens (tertiary/aromatic N) is 1. The van der Waals surface area contributed by atoms with Crippen LogP contribution in [0.4, 0.5) is 0 Å². The quantitative estimate of drug-likeness (QED) is 0.778. The summed E-state index contributed by atoms with van der Waals surface area (Å²) < 4.78 is 5.69. The summed E-state index contributed by atoms with van der Waals surface area (Å²) in [6, 6.07) is 7.76. The number of nitrogens with two attached hydrogens (primary N) is 1. The molecule has 23 heavy (non-hydrogen) atoms. The number of ether oxygens (including phenoxy) is 1. The molecule has 0 spiro atoms. The number of carbonyl (C=O) groups is 1. The van der Waals surface area contributed by atoms with Crippen molar-refractivity contribution in [1.82, 2.24) is 10.3 Å². The second kappa shape index (κ2) is 8.64. The molecule has 0 radical (unpaired) electrons. The summed E-state index contributed by atoms with van der Waals surface area (Å²) in [6.07, 6.45) is 0.702. The van der Waals surface area contributed by atoms with Crippen LogP contribution >= 0.6 is 11.3 Å². The summed E-state index contributed by atoms with van der Waals surface area (Å²) in [5.74, 6) is 1.13. The molecular formula is C17H23N3O2S. The van der Waals surface area contributed by atoms with Crippen LogP contribution in [0.2, 0.25) is 0 Å². The number of benzene rings is 1. The van der Waals surface area contributed by atoms with Gasteiger partial charge in [0.25, 0.3) is 5.91 Å². The van der Waals surface area contributed by atoms with E-state index in [1.807, 2.05) is 24.3 Å². The van der Waals surface area contributed by atoms with Gasteiger partial charge in [-0.05, 0) is 30.2 Å². The van der Waals surface area contributed by atoms with Crippen LogP contribution in [0.1, 0.15) is 34.9 Å². The van der Waals surface area contributed by atoms with Gasteiger partial charge in [-0.2, -0.15) is 0 Å². The predicted molar refractivity (Wildman–Crippen MR) is 92.8 cm³/mol. The lowest BCUT2D eigenvalue weighted by Gasteiger charge is -2.10. The smallest absolute Gasteiger partial charge is 0.271 e. The number of aromatic nitrogens is 1. The SMILES string of the molecule is CC(C)COc1cccc(CNC(=O)c2csc(CCN)n2)c1. The highest BCUT2D eigenvalue weighted by atomic mass is 32.1. The molecule has 0 unspecified atom stereocenters. The Morgan fingerprint density at radius 2 is 2.26 bits per heavy atom. The van der Waals surface area contributed by atoms with Crippen molar-refractivity contribution in [2.45, 2.75) is 26.8 Å². The average Bonchev–Trinajstić information content (AvgIpc) is 3.00. The van der Waals surface area contributed by atoms with E-state index in [-0.39, 0.29) is 5.91 Å². The molecule has 124 valence electrons. The van der Waals surface area contributed by atoms with Gasteiger partial charge >= 0.3 is 0 Å². The fraction of sp³-hybridized carbons (Fsp3) is 0.412. The Bertz CT molecular complexity index is 640. The van der Waals surface area contributed by atoms with Crippen molar-refractivity contribution in [3.8, 4) is 5.75 Å². The third-order valence-corrected chi connectivity index (χ3v) is 3.99. The highest BCUT2D eigenvalue weighted by Crippen LogP contribution is 2.15. The Balaban J connectivity index is 1.89. The first-order valence-corrected chi connectivity index (χ1v) is 8.61. The van der Waals surface area contributed by atoms with E-state index in [1.165, 1.54) is 11.3 Å². The summed E-state index contributed by atoms with van der Waals surface area (Å²) in [5, 5.41) is 5.54. The zero-order valence-corrected chi connectivity index (χ0v) is 14.4. The Hall–Kier alpha value is -1.92. The number of hydrogen-bond donors (Lipinski definition) is 2. The maximum atomic E-state index is 12.1. The lowest BCUT2D eigenvalue weighted by Crippen LogP contribution is -2.23. The molecule has 2 rings (SSSR count). The number of thiazole rings is 1. The predicted octanol–water partition coefficient (Wildman–Crippen LogP) is 2.61. The summed E-state index contributed by atoms with van der Waals surface area (Å²) in [5.41, 5.74) is 6.94. The van der Waals surface area contributed by atoms with E-state index >= 15 is 0 Å². The van der Waals surface area contributed by atoms with E-state index in [0.717, 1.165) is 16.3 Å². The first kappa shape index (κ1) is 17.4. The summed E-state index contributed by atoms with van der Waals surface area (Å²) >= 11 is 1.46. The van der Waals surface area contributed by atoms with Gasteiger partial charge in [0, 0.05) is 18.3 Å². The zero-order valence-electron chi connectivity index (χ0n) is 13.5. The number of rotatable bonds is 8. The fourth-order valence-corrected chi connectivity index (χ4v) is 2.73. The third-order valence-electron chi connectivity index (χ3n) is 3.08. The van der Waals surface area contributed by atoms with Crippen molar-refractivity contribution in [3.05, 3.63) is 45.9 Å². The number of nitrogens with one attached hydrogen (secondary N) is 1. The highest BCUT2D eigenvalue weighted by Gasteiger charge is 2.10. The number of hydrogen-bond acceptors (Lipinski definition) is 5. The molecule has 0 aliphatic rings. The highest BCUT2D eigenvalue weighted by molar-refractivity contribution is 7.09. The van der Waals surface area contributed by atoms with E-state index in [9.17, 15) is 4.79 Å². The van der Waals surface area contributed by atoms with Crippen molar-refractivity contribution in [3.63, 3.8) is 0 Å². The molecule has 1 heterocycles. The molecule has 0 fully saturated rings. The molecule has 0 saturated heterocycles. The molecule has 0 bridgehead atoms. The van der Waals surface area contributed by atoms with Crippen LogP contribution in [0.5, 0.6) is 5.75 Å². The normalized spacial score (nSPS) is 10.8. The van der Waals surface area contributed by atoms with Gasteiger partial charge in [0.15, 0.2) is 0 Å². The molecule has 3 N–H and O–H groups in total. The van der Waals surface area contributed by atoms with Crippen molar-refractivity contribution < 1.29 is 9.53 Å². The second-order valence-electron chi connectivity index (χ2n) is 5.70. The van der Waals surface area contributed by atoms with Crippen LogP contribution in [-0.4, -0.2) is 24.0 Å². The van der Waals surface area contributed by atoms with Crippen molar-refractivity contribution >= 4 is 17.2 Å². The average molecular weight is 333 g/mol. The van der Waals surface area contributed by atoms with Gasteiger partial charge in [0.1, 0.15) is 11.4 Å². The van der Waals surface area contributed by atoms with E-state index in [1.54, 1.807) is 5.38 Å². The Labute approximate surface area is 140 Å². The van der Waals surface area contributed by atoms with Crippen molar-refractivity contribution in [2.24, 2.45) is 11.7 Å². The Kier molecular flexibility index (Phi) is 6.55. The van der Waals surface area contributed by atoms with Crippen LogP contribution in [0, 0.1) is 5.92 Å². The molecule has 1 aromatic heterocycles. The van der Waals surface area contributed by atoms with Crippen LogP contribution in [0.25, 0.3) is 0 Å². The van der Waals surface area contributed by atoms with Gasteiger partial charge in [0.2, 0.25) is 0 Å². The molecule has 1 amide bonds. The molecule has 0 saturated carbocycles.